The van der Waals surface area contributed by atoms with Crippen LogP contribution in [0, 0.1) is 11.7 Å². The minimum atomic E-state index is -0.556. The van der Waals surface area contributed by atoms with Gasteiger partial charge in [-0.1, -0.05) is 6.07 Å². The van der Waals surface area contributed by atoms with E-state index in [2.05, 4.69) is 10.3 Å². The number of hydrogen-bond acceptors (Lipinski definition) is 4. The van der Waals surface area contributed by atoms with Crippen LogP contribution in [0.15, 0.2) is 42.7 Å². The molecule has 0 bridgehead atoms. The van der Waals surface area contributed by atoms with Gasteiger partial charge in [-0.25, -0.2) is 4.39 Å². The van der Waals surface area contributed by atoms with Crippen molar-refractivity contribution in [3.05, 3.63) is 59.7 Å². The molecule has 0 aliphatic carbocycles. The fourth-order valence-electron chi connectivity index (χ4n) is 3.11. The number of methoxy groups -OCH3 is 1. The molecule has 1 aliphatic heterocycles. The summed E-state index contributed by atoms with van der Waals surface area (Å²) in [4.78, 5) is 16.8. The van der Waals surface area contributed by atoms with Crippen molar-refractivity contribution in [3.8, 4) is 5.75 Å². The number of carbonyl (C=O) groups is 1. The summed E-state index contributed by atoms with van der Waals surface area (Å²) in [7, 11) is 1.39. The van der Waals surface area contributed by atoms with Crippen LogP contribution < -0.4 is 10.1 Å². The summed E-state index contributed by atoms with van der Waals surface area (Å²) in [5.41, 5.74) is 1.20. The largest absolute Gasteiger partial charge is 0.494 e. The first-order valence-electron chi connectivity index (χ1n) is 8.31. The summed E-state index contributed by atoms with van der Waals surface area (Å²) in [5, 5.41) is 3.04. The summed E-state index contributed by atoms with van der Waals surface area (Å²) in [6.07, 6.45) is 5.17. The first-order chi connectivity index (χ1) is 12.2. The topological polar surface area (TPSA) is 60.5 Å². The minimum absolute atomic E-state index is 0.116. The maximum absolute atomic E-state index is 13.9. The Labute approximate surface area is 146 Å². The fraction of sp³-hybridized carbons (Fsp3) is 0.368. The second-order valence-corrected chi connectivity index (χ2v) is 6.04. The van der Waals surface area contributed by atoms with E-state index >= 15 is 0 Å². The van der Waals surface area contributed by atoms with Crippen molar-refractivity contribution >= 4 is 5.91 Å². The van der Waals surface area contributed by atoms with Crippen LogP contribution in [0.25, 0.3) is 0 Å². The lowest BCUT2D eigenvalue weighted by atomic mass is 9.87. The Morgan fingerprint density at radius 3 is 2.80 bits per heavy atom. The van der Waals surface area contributed by atoms with Crippen LogP contribution in [0.3, 0.4) is 0 Å². The van der Waals surface area contributed by atoms with Crippen molar-refractivity contribution < 1.29 is 18.7 Å². The van der Waals surface area contributed by atoms with Crippen LogP contribution >= 0.6 is 0 Å². The zero-order valence-corrected chi connectivity index (χ0v) is 14.1. The summed E-state index contributed by atoms with van der Waals surface area (Å²) in [6, 6.07) is 7.82. The van der Waals surface area contributed by atoms with Gasteiger partial charge in [-0.2, -0.15) is 0 Å². The van der Waals surface area contributed by atoms with Gasteiger partial charge in [-0.05, 0) is 48.6 Å². The Morgan fingerprint density at radius 2 is 2.16 bits per heavy atom. The van der Waals surface area contributed by atoms with Crippen molar-refractivity contribution in [1.29, 1.82) is 0 Å². The van der Waals surface area contributed by atoms with E-state index in [0.29, 0.717) is 13.2 Å². The molecule has 0 saturated carbocycles. The molecular formula is C19H21FN2O3. The highest BCUT2D eigenvalue weighted by Crippen LogP contribution is 2.30. The molecule has 132 valence electrons. The number of aromatic nitrogens is 1. The summed E-state index contributed by atoms with van der Waals surface area (Å²) >= 11 is 0. The summed E-state index contributed by atoms with van der Waals surface area (Å²) in [6.45, 7) is 1.35. The fourth-order valence-corrected chi connectivity index (χ4v) is 3.11. The molecule has 0 unspecified atom stereocenters. The van der Waals surface area contributed by atoms with Gasteiger partial charge in [0.05, 0.1) is 13.2 Å². The van der Waals surface area contributed by atoms with E-state index in [-0.39, 0.29) is 29.2 Å². The molecular weight excluding hydrogens is 323 g/mol. The SMILES string of the molecule is COc1ccc(C(=O)N[C@@H](c2cccnc2)C2CCOCC2)cc1F. The van der Waals surface area contributed by atoms with Crippen LogP contribution in [0.2, 0.25) is 0 Å². The monoisotopic (exact) mass is 344 g/mol. The first-order valence-corrected chi connectivity index (χ1v) is 8.31. The van der Waals surface area contributed by atoms with Crippen molar-refractivity contribution in [1.82, 2.24) is 10.3 Å². The molecule has 1 aromatic carbocycles. The third-order valence-corrected chi connectivity index (χ3v) is 4.48. The van der Waals surface area contributed by atoms with Crippen LogP contribution in [-0.4, -0.2) is 31.2 Å². The van der Waals surface area contributed by atoms with Gasteiger partial charge in [0.2, 0.25) is 0 Å². The lowest BCUT2D eigenvalue weighted by molar-refractivity contribution is 0.0513. The Hall–Kier alpha value is -2.47. The van der Waals surface area contributed by atoms with E-state index < -0.39 is 5.82 Å². The number of nitrogens with one attached hydrogen (secondary N) is 1. The minimum Gasteiger partial charge on any atom is -0.494 e. The standard InChI is InChI=1S/C19H21FN2O3/c1-24-17-5-4-14(11-16(17)20)19(23)22-18(13-6-9-25-10-7-13)15-3-2-8-21-12-15/h2-5,8,11-13,18H,6-7,9-10H2,1H3,(H,22,23)/t18-/m1/s1. The van der Waals surface area contributed by atoms with Gasteiger partial charge >= 0.3 is 0 Å². The molecule has 5 nitrogen and oxygen atoms in total. The zero-order valence-electron chi connectivity index (χ0n) is 14.1. The number of benzene rings is 1. The highest BCUT2D eigenvalue weighted by atomic mass is 19.1. The second-order valence-electron chi connectivity index (χ2n) is 6.04. The first kappa shape index (κ1) is 17.4. The van der Waals surface area contributed by atoms with E-state index in [9.17, 15) is 9.18 Å². The Kier molecular flexibility index (Phi) is 5.60. The molecule has 3 rings (SSSR count). The molecule has 1 aromatic heterocycles. The van der Waals surface area contributed by atoms with Gasteiger partial charge in [0.25, 0.3) is 5.91 Å². The van der Waals surface area contributed by atoms with Crippen LogP contribution in [0.5, 0.6) is 5.75 Å². The normalized spacial score (nSPS) is 16.2. The number of hydrogen-bond donors (Lipinski definition) is 1. The van der Waals surface area contributed by atoms with E-state index in [1.54, 1.807) is 18.5 Å². The molecule has 0 radical (unpaired) electrons. The number of pyridine rings is 1. The summed E-state index contributed by atoms with van der Waals surface area (Å²) in [5.74, 6) is -0.504. The molecule has 1 aliphatic rings. The van der Waals surface area contributed by atoms with Gasteiger partial charge in [-0.15, -0.1) is 0 Å². The van der Waals surface area contributed by atoms with Crippen LogP contribution in [-0.2, 0) is 4.74 Å². The van der Waals surface area contributed by atoms with Crippen molar-refractivity contribution in [3.63, 3.8) is 0 Å². The molecule has 25 heavy (non-hydrogen) atoms. The van der Waals surface area contributed by atoms with Crippen molar-refractivity contribution in [2.45, 2.75) is 18.9 Å². The molecule has 2 aromatic rings. The third kappa shape index (κ3) is 4.14. The molecule has 1 N–H and O–H groups in total. The van der Waals surface area contributed by atoms with Crippen molar-refractivity contribution in [2.24, 2.45) is 5.92 Å². The molecule has 1 saturated heterocycles. The molecule has 0 spiro atoms. The van der Waals surface area contributed by atoms with Gasteiger partial charge < -0.3 is 14.8 Å². The van der Waals surface area contributed by atoms with E-state index in [1.807, 2.05) is 12.1 Å². The van der Waals surface area contributed by atoms with E-state index in [0.717, 1.165) is 18.4 Å². The average Bonchev–Trinajstić information content (AvgIpc) is 2.67. The van der Waals surface area contributed by atoms with Gasteiger partial charge in [0, 0.05) is 31.2 Å². The maximum atomic E-state index is 13.9. The number of ether oxygens (including phenoxy) is 2. The molecule has 1 fully saturated rings. The Bertz CT molecular complexity index is 718. The van der Waals surface area contributed by atoms with Crippen LogP contribution in [0.4, 0.5) is 4.39 Å². The third-order valence-electron chi connectivity index (χ3n) is 4.48. The van der Waals surface area contributed by atoms with E-state index in [1.165, 1.54) is 19.2 Å². The van der Waals surface area contributed by atoms with Gasteiger partial charge in [0.1, 0.15) is 0 Å². The predicted molar refractivity (Wildman–Crippen MR) is 90.9 cm³/mol. The Morgan fingerprint density at radius 1 is 1.36 bits per heavy atom. The molecule has 1 atom stereocenters. The predicted octanol–water partition coefficient (Wildman–Crippen LogP) is 3.13. The maximum Gasteiger partial charge on any atom is 0.251 e. The number of rotatable bonds is 5. The highest BCUT2D eigenvalue weighted by molar-refractivity contribution is 5.94. The van der Waals surface area contributed by atoms with Crippen LogP contribution in [0.1, 0.15) is 34.8 Å². The number of nitrogens with zero attached hydrogens (tertiary/aromatic N) is 1. The number of halogens is 1. The van der Waals surface area contributed by atoms with Gasteiger partial charge in [0.15, 0.2) is 11.6 Å². The molecule has 6 heteroatoms. The highest BCUT2D eigenvalue weighted by Gasteiger charge is 2.27. The lowest BCUT2D eigenvalue weighted by Gasteiger charge is -2.31. The average molecular weight is 344 g/mol. The van der Waals surface area contributed by atoms with Crippen molar-refractivity contribution in [2.75, 3.05) is 20.3 Å². The smallest absolute Gasteiger partial charge is 0.251 e. The molecule has 2 heterocycles. The number of carbonyl (C=O) groups excluding carboxylic acids is 1. The number of amides is 1. The summed E-state index contributed by atoms with van der Waals surface area (Å²) < 4.78 is 24.2. The quantitative estimate of drug-likeness (QED) is 0.905. The zero-order chi connectivity index (χ0) is 17.6. The van der Waals surface area contributed by atoms with E-state index in [4.69, 9.17) is 9.47 Å². The second kappa shape index (κ2) is 8.07. The van der Waals surface area contributed by atoms with Gasteiger partial charge in [-0.3, -0.25) is 9.78 Å². The lowest BCUT2D eigenvalue weighted by Crippen LogP contribution is -2.36. The Balaban J connectivity index is 1.81. The molecule has 1 amide bonds.